The normalized spacial score (nSPS) is 15.3. The Bertz CT molecular complexity index is 1120. The molecule has 0 fully saturated rings. The highest BCUT2D eigenvalue weighted by Gasteiger charge is 2.27. The Morgan fingerprint density at radius 2 is 2.13 bits per heavy atom. The van der Waals surface area contributed by atoms with Crippen LogP contribution in [0.1, 0.15) is 43.0 Å². The fourth-order valence-electron chi connectivity index (χ4n) is 3.86. The number of alkyl halides is 2. The van der Waals surface area contributed by atoms with Gasteiger partial charge in [-0.15, -0.1) is 0 Å². The van der Waals surface area contributed by atoms with E-state index in [-0.39, 0.29) is 18.7 Å². The Labute approximate surface area is 178 Å². The van der Waals surface area contributed by atoms with Gasteiger partial charge in [-0.3, -0.25) is 0 Å². The van der Waals surface area contributed by atoms with E-state index >= 15 is 0 Å². The number of nitrogens with one attached hydrogen (secondary N) is 1. The molecule has 31 heavy (non-hydrogen) atoms. The van der Waals surface area contributed by atoms with Crippen molar-refractivity contribution in [2.45, 2.75) is 45.3 Å². The summed E-state index contributed by atoms with van der Waals surface area (Å²) in [4.78, 5) is 4.53. The highest BCUT2D eigenvalue weighted by molar-refractivity contribution is 5.67. The Balaban J connectivity index is 1.61. The van der Waals surface area contributed by atoms with Crippen LogP contribution in [0.3, 0.4) is 0 Å². The molecule has 1 heterocycles. The number of ether oxygens (including phenoxy) is 1. The average Bonchev–Trinajstić information content (AvgIpc) is 3.39. The van der Waals surface area contributed by atoms with E-state index in [0.717, 1.165) is 29.5 Å². The summed E-state index contributed by atoms with van der Waals surface area (Å²) in [5.41, 5.74) is 3.87. The molecule has 2 aromatic carbocycles. The molecule has 0 saturated carbocycles. The molecule has 0 radical (unpaired) electrons. The van der Waals surface area contributed by atoms with Crippen LogP contribution >= 0.6 is 0 Å². The van der Waals surface area contributed by atoms with E-state index in [2.05, 4.69) is 21.5 Å². The molecule has 1 N–H and O–H groups in total. The van der Waals surface area contributed by atoms with Gasteiger partial charge in [0.25, 0.3) is 12.3 Å². The highest BCUT2D eigenvalue weighted by Crippen LogP contribution is 2.37. The zero-order valence-corrected chi connectivity index (χ0v) is 17.2. The van der Waals surface area contributed by atoms with Crippen molar-refractivity contribution in [1.29, 1.82) is 5.26 Å². The van der Waals surface area contributed by atoms with Crippen LogP contribution < -0.4 is 10.1 Å². The van der Waals surface area contributed by atoms with Gasteiger partial charge in [0, 0.05) is 17.2 Å². The second-order valence-electron chi connectivity index (χ2n) is 7.68. The maximum Gasteiger partial charge on any atom is 0.258 e. The zero-order valence-electron chi connectivity index (χ0n) is 17.2. The molecule has 4 rings (SSSR count). The second kappa shape index (κ2) is 8.82. The third kappa shape index (κ3) is 4.42. The number of aromatic nitrogens is 2. The molecule has 160 valence electrons. The summed E-state index contributed by atoms with van der Waals surface area (Å²) in [7, 11) is 0. The molecule has 0 saturated heterocycles. The molecule has 0 amide bonds. The lowest BCUT2D eigenvalue weighted by Gasteiger charge is -2.14. The molecule has 3 aromatic rings. The summed E-state index contributed by atoms with van der Waals surface area (Å²) in [5, 5.41) is 16.5. The predicted molar refractivity (Wildman–Crippen MR) is 111 cm³/mol. The van der Waals surface area contributed by atoms with E-state index in [0.29, 0.717) is 28.6 Å². The number of hydrogen-bond acceptors (Lipinski definition) is 6. The van der Waals surface area contributed by atoms with Gasteiger partial charge in [0.1, 0.15) is 11.8 Å². The summed E-state index contributed by atoms with van der Waals surface area (Å²) in [5.74, 6) is 1.23. The lowest BCUT2D eigenvalue weighted by Crippen LogP contribution is -2.25. The number of hydrogen-bond donors (Lipinski definition) is 1. The molecule has 6 nitrogen and oxygen atoms in total. The standard InChI is InChI=1S/C23H22F2N4O2/c1-13(2)30-20-9-6-14(10-15(20)11-26)23-28-22(29-31-23)18-5-3-4-17-16(18)7-8-19(17)27-12-21(24)25/h3-6,9-10,13,19,21,27H,7-8,12H2,1-2H3/t19-/m1/s1. The molecule has 0 unspecified atom stereocenters. The number of nitriles is 1. The van der Waals surface area contributed by atoms with Crippen LogP contribution in [0.4, 0.5) is 8.78 Å². The smallest absolute Gasteiger partial charge is 0.258 e. The average molecular weight is 424 g/mol. The Hall–Kier alpha value is -3.31. The van der Waals surface area contributed by atoms with Gasteiger partial charge in [0.2, 0.25) is 5.82 Å². The van der Waals surface area contributed by atoms with Crippen molar-refractivity contribution in [1.82, 2.24) is 15.5 Å². The first kappa shape index (κ1) is 20.9. The van der Waals surface area contributed by atoms with E-state index in [1.54, 1.807) is 18.2 Å². The molecule has 0 aliphatic heterocycles. The Morgan fingerprint density at radius 1 is 1.29 bits per heavy atom. The number of benzene rings is 2. The van der Waals surface area contributed by atoms with E-state index in [4.69, 9.17) is 9.26 Å². The first-order valence-electron chi connectivity index (χ1n) is 10.1. The molecule has 1 aromatic heterocycles. The minimum atomic E-state index is -2.39. The lowest BCUT2D eigenvalue weighted by molar-refractivity contribution is 0.141. The summed E-state index contributed by atoms with van der Waals surface area (Å²) in [6.45, 7) is 3.45. The van der Waals surface area contributed by atoms with Crippen molar-refractivity contribution in [3.63, 3.8) is 0 Å². The lowest BCUT2D eigenvalue weighted by atomic mass is 10.0. The van der Waals surface area contributed by atoms with Gasteiger partial charge in [0.15, 0.2) is 0 Å². The van der Waals surface area contributed by atoms with Crippen molar-refractivity contribution in [2.24, 2.45) is 0 Å². The van der Waals surface area contributed by atoms with Crippen LogP contribution in [0.5, 0.6) is 5.75 Å². The van der Waals surface area contributed by atoms with Gasteiger partial charge in [-0.2, -0.15) is 10.2 Å². The molecule has 1 aliphatic rings. The van der Waals surface area contributed by atoms with Crippen LogP contribution in [0.2, 0.25) is 0 Å². The summed E-state index contributed by atoms with van der Waals surface area (Å²) in [6.07, 6.45) is -0.947. The van der Waals surface area contributed by atoms with Crippen molar-refractivity contribution in [3.8, 4) is 34.7 Å². The van der Waals surface area contributed by atoms with E-state index in [1.165, 1.54) is 0 Å². The largest absolute Gasteiger partial charge is 0.490 e. The SMILES string of the molecule is CC(C)Oc1ccc(-c2nc(-c3cccc4c3CC[C@H]4NCC(F)F)no2)cc1C#N. The first-order chi connectivity index (χ1) is 15.0. The topological polar surface area (TPSA) is 84.0 Å². The van der Waals surface area contributed by atoms with E-state index in [9.17, 15) is 14.0 Å². The van der Waals surface area contributed by atoms with E-state index in [1.807, 2.05) is 32.0 Å². The van der Waals surface area contributed by atoms with Crippen molar-refractivity contribution in [3.05, 3.63) is 53.1 Å². The van der Waals surface area contributed by atoms with E-state index < -0.39 is 6.43 Å². The van der Waals surface area contributed by atoms with Gasteiger partial charge in [-0.05, 0) is 56.0 Å². The maximum atomic E-state index is 12.6. The van der Waals surface area contributed by atoms with Crippen LogP contribution in [-0.4, -0.2) is 29.2 Å². The Kier molecular flexibility index (Phi) is 5.96. The highest BCUT2D eigenvalue weighted by atomic mass is 19.3. The monoisotopic (exact) mass is 424 g/mol. The molecule has 8 heteroatoms. The van der Waals surface area contributed by atoms with Crippen molar-refractivity contribution < 1.29 is 18.0 Å². The zero-order chi connectivity index (χ0) is 22.0. The summed E-state index contributed by atoms with van der Waals surface area (Å²) in [6, 6.07) is 12.9. The van der Waals surface area contributed by atoms with Crippen molar-refractivity contribution >= 4 is 0 Å². The third-order valence-corrected chi connectivity index (χ3v) is 5.17. The first-order valence-corrected chi connectivity index (χ1v) is 10.1. The van der Waals surface area contributed by atoms with Crippen LogP contribution in [-0.2, 0) is 6.42 Å². The Morgan fingerprint density at radius 3 is 2.87 bits per heavy atom. The van der Waals surface area contributed by atoms with Crippen molar-refractivity contribution in [2.75, 3.05) is 6.54 Å². The third-order valence-electron chi connectivity index (χ3n) is 5.17. The van der Waals surface area contributed by atoms with Gasteiger partial charge >= 0.3 is 0 Å². The minimum absolute atomic E-state index is 0.0489. The van der Waals surface area contributed by atoms with Gasteiger partial charge in [-0.1, -0.05) is 23.4 Å². The van der Waals surface area contributed by atoms with Gasteiger partial charge in [0.05, 0.1) is 18.2 Å². The number of halogens is 2. The summed E-state index contributed by atoms with van der Waals surface area (Å²) < 4.78 is 36.3. The molecule has 0 spiro atoms. The van der Waals surface area contributed by atoms with Crippen LogP contribution in [0.15, 0.2) is 40.9 Å². The van der Waals surface area contributed by atoms with Crippen LogP contribution in [0.25, 0.3) is 22.8 Å². The molecule has 0 bridgehead atoms. The van der Waals surface area contributed by atoms with Crippen LogP contribution in [0, 0.1) is 11.3 Å². The number of rotatable bonds is 7. The maximum absolute atomic E-state index is 12.6. The van der Waals surface area contributed by atoms with Gasteiger partial charge in [-0.25, -0.2) is 8.78 Å². The summed E-state index contributed by atoms with van der Waals surface area (Å²) >= 11 is 0. The molecule has 1 atom stereocenters. The number of nitrogens with zero attached hydrogens (tertiary/aromatic N) is 3. The minimum Gasteiger partial charge on any atom is -0.490 e. The number of fused-ring (bicyclic) bond motifs is 1. The predicted octanol–water partition coefficient (Wildman–Crippen LogP) is 4.90. The molecular weight excluding hydrogens is 402 g/mol. The fourth-order valence-corrected chi connectivity index (χ4v) is 3.86. The fraction of sp³-hybridized carbons (Fsp3) is 0.348. The molecule has 1 aliphatic carbocycles. The molecular formula is C23H22F2N4O2. The second-order valence-corrected chi connectivity index (χ2v) is 7.68. The van der Waals surface area contributed by atoms with Gasteiger partial charge < -0.3 is 14.6 Å². The quantitative estimate of drug-likeness (QED) is 0.581.